The van der Waals surface area contributed by atoms with Crippen molar-refractivity contribution in [3.63, 3.8) is 0 Å². The molecule has 6 heteroatoms. The second-order valence-electron chi connectivity index (χ2n) is 7.15. The summed E-state index contributed by atoms with van der Waals surface area (Å²) in [6.07, 6.45) is 2.62. The van der Waals surface area contributed by atoms with E-state index in [0.717, 1.165) is 49.6 Å². The molecule has 0 spiro atoms. The fourth-order valence-corrected chi connectivity index (χ4v) is 4.04. The molecular formula is C19H30ClN5. The molecule has 0 saturated carbocycles. The molecule has 1 aromatic carbocycles. The van der Waals surface area contributed by atoms with E-state index < -0.39 is 0 Å². The number of aliphatic imine (C=N–C) groups is 1. The third-order valence-electron chi connectivity index (χ3n) is 5.24. The summed E-state index contributed by atoms with van der Waals surface area (Å²) in [5.41, 5.74) is 1.21. The van der Waals surface area contributed by atoms with Crippen molar-refractivity contribution in [3.8, 4) is 0 Å². The number of hydrogen-bond donors (Lipinski definition) is 1. The Balaban J connectivity index is 1.48. The second kappa shape index (κ2) is 8.77. The van der Waals surface area contributed by atoms with Gasteiger partial charge in [-0.15, -0.1) is 0 Å². The van der Waals surface area contributed by atoms with Crippen LogP contribution >= 0.6 is 11.6 Å². The summed E-state index contributed by atoms with van der Waals surface area (Å²) in [5.74, 6) is 1.77. The minimum atomic E-state index is 0.725. The summed E-state index contributed by atoms with van der Waals surface area (Å²) >= 11 is 6.12. The Kier molecular flexibility index (Phi) is 6.43. The van der Waals surface area contributed by atoms with Crippen molar-refractivity contribution in [3.05, 3.63) is 29.3 Å². The van der Waals surface area contributed by atoms with Gasteiger partial charge in [-0.25, -0.2) is 0 Å². The van der Waals surface area contributed by atoms with Crippen LogP contribution in [0.2, 0.25) is 5.02 Å². The van der Waals surface area contributed by atoms with Crippen LogP contribution in [0.3, 0.4) is 0 Å². The number of anilines is 1. The summed E-state index contributed by atoms with van der Waals surface area (Å²) in [7, 11) is 4.11. The number of rotatable bonds is 3. The van der Waals surface area contributed by atoms with Crippen LogP contribution in [-0.2, 0) is 0 Å². The standard InChI is InChI=1S/C19H30ClN5/c1-21-19(22-14-16-5-4-8-23(2)15-16)25-11-9-24(10-12-25)18-7-3-6-17(20)13-18/h3,6-7,13,16H,4-5,8-12,14-15H2,1-2H3,(H,21,22). The van der Waals surface area contributed by atoms with E-state index in [1.807, 2.05) is 25.2 Å². The monoisotopic (exact) mass is 363 g/mol. The van der Waals surface area contributed by atoms with Gasteiger partial charge in [0, 0.05) is 57.0 Å². The molecule has 2 aliphatic heterocycles. The molecule has 2 heterocycles. The Bertz CT molecular complexity index is 583. The van der Waals surface area contributed by atoms with Crippen LogP contribution in [0.15, 0.2) is 29.3 Å². The largest absolute Gasteiger partial charge is 0.368 e. The Hall–Kier alpha value is -1.46. The van der Waals surface area contributed by atoms with Gasteiger partial charge < -0.3 is 20.0 Å². The van der Waals surface area contributed by atoms with Gasteiger partial charge in [-0.3, -0.25) is 4.99 Å². The van der Waals surface area contributed by atoms with Crippen molar-refractivity contribution >= 4 is 23.2 Å². The number of piperazine rings is 1. The van der Waals surface area contributed by atoms with Gasteiger partial charge in [0.2, 0.25) is 0 Å². The number of guanidine groups is 1. The molecule has 3 rings (SSSR count). The van der Waals surface area contributed by atoms with E-state index >= 15 is 0 Å². The molecule has 1 N–H and O–H groups in total. The molecule has 0 radical (unpaired) electrons. The first-order valence-electron chi connectivity index (χ1n) is 9.30. The number of piperidine rings is 1. The fourth-order valence-electron chi connectivity index (χ4n) is 3.86. The minimum Gasteiger partial charge on any atom is -0.368 e. The van der Waals surface area contributed by atoms with Gasteiger partial charge in [-0.05, 0) is 50.6 Å². The maximum absolute atomic E-state index is 6.12. The lowest BCUT2D eigenvalue weighted by Gasteiger charge is -2.38. The molecule has 0 amide bonds. The first kappa shape index (κ1) is 18.3. The van der Waals surface area contributed by atoms with E-state index in [1.54, 1.807) is 0 Å². The molecular weight excluding hydrogens is 334 g/mol. The molecule has 1 unspecified atom stereocenters. The van der Waals surface area contributed by atoms with Crippen molar-refractivity contribution in [1.82, 2.24) is 15.1 Å². The highest BCUT2D eigenvalue weighted by Crippen LogP contribution is 2.21. The van der Waals surface area contributed by atoms with E-state index in [9.17, 15) is 0 Å². The van der Waals surface area contributed by atoms with Gasteiger partial charge in [0.1, 0.15) is 0 Å². The van der Waals surface area contributed by atoms with Crippen LogP contribution in [0.25, 0.3) is 0 Å². The molecule has 2 fully saturated rings. The number of likely N-dealkylation sites (tertiary alicyclic amines) is 1. The smallest absolute Gasteiger partial charge is 0.193 e. The molecule has 25 heavy (non-hydrogen) atoms. The second-order valence-corrected chi connectivity index (χ2v) is 7.59. The normalized spacial score (nSPS) is 23.0. The molecule has 1 aromatic rings. The molecule has 2 aliphatic rings. The molecule has 0 aromatic heterocycles. The van der Waals surface area contributed by atoms with Crippen LogP contribution in [0, 0.1) is 5.92 Å². The molecule has 0 aliphatic carbocycles. The van der Waals surface area contributed by atoms with E-state index in [4.69, 9.17) is 11.6 Å². The lowest BCUT2D eigenvalue weighted by atomic mass is 9.98. The van der Waals surface area contributed by atoms with Crippen molar-refractivity contribution in [2.24, 2.45) is 10.9 Å². The average molecular weight is 364 g/mol. The summed E-state index contributed by atoms with van der Waals surface area (Å²) < 4.78 is 0. The minimum absolute atomic E-state index is 0.725. The Morgan fingerprint density at radius 3 is 2.72 bits per heavy atom. The molecule has 0 bridgehead atoms. The molecule has 2 saturated heterocycles. The summed E-state index contributed by atoms with van der Waals surface area (Å²) in [6, 6.07) is 8.12. The highest BCUT2D eigenvalue weighted by molar-refractivity contribution is 6.30. The van der Waals surface area contributed by atoms with Crippen LogP contribution in [0.4, 0.5) is 5.69 Å². The van der Waals surface area contributed by atoms with Gasteiger partial charge in [-0.1, -0.05) is 17.7 Å². The highest BCUT2D eigenvalue weighted by Gasteiger charge is 2.22. The van der Waals surface area contributed by atoms with Gasteiger partial charge in [-0.2, -0.15) is 0 Å². The van der Waals surface area contributed by atoms with Gasteiger partial charge in [0.25, 0.3) is 0 Å². The molecule has 5 nitrogen and oxygen atoms in total. The van der Waals surface area contributed by atoms with Crippen molar-refractivity contribution < 1.29 is 0 Å². The van der Waals surface area contributed by atoms with Crippen LogP contribution in [0.5, 0.6) is 0 Å². The lowest BCUT2D eigenvalue weighted by Crippen LogP contribution is -2.53. The fraction of sp³-hybridized carbons (Fsp3) is 0.632. The lowest BCUT2D eigenvalue weighted by molar-refractivity contribution is 0.209. The highest BCUT2D eigenvalue weighted by atomic mass is 35.5. The Morgan fingerprint density at radius 2 is 2.04 bits per heavy atom. The Labute approximate surface area is 156 Å². The zero-order valence-corrected chi connectivity index (χ0v) is 16.2. The molecule has 1 atom stereocenters. The van der Waals surface area contributed by atoms with Crippen molar-refractivity contribution in [2.45, 2.75) is 12.8 Å². The SMILES string of the molecule is CN=C(NCC1CCCN(C)C1)N1CCN(c2cccc(Cl)c2)CC1. The van der Waals surface area contributed by atoms with E-state index in [2.05, 4.69) is 38.1 Å². The molecule has 138 valence electrons. The maximum atomic E-state index is 6.12. The first-order valence-corrected chi connectivity index (χ1v) is 9.68. The number of nitrogens with one attached hydrogen (secondary N) is 1. The summed E-state index contributed by atoms with van der Waals surface area (Å²) in [4.78, 5) is 11.7. The first-order chi connectivity index (χ1) is 12.2. The number of benzene rings is 1. The van der Waals surface area contributed by atoms with Crippen molar-refractivity contribution in [2.75, 3.05) is 64.8 Å². The summed E-state index contributed by atoms with van der Waals surface area (Å²) in [5, 5.41) is 4.40. The van der Waals surface area contributed by atoms with Crippen LogP contribution in [-0.4, -0.2) is 75.7 Å². The van der Waals surface area contributed by atoms with Gasteiger partial charge >= 0.3 is 0 Å². The zero-order valence-electron chi connectivity index (χ0n) is 15.4. The van der Waals surface area contributed by atoms with Gasteiger partial charge in [0.15, 0.2) is 5.96 Å². The predicted molar refractivity (Wildman–Crippen MR) is 107 cm³/mol. The maximum Gasteiger partial charge on any atom is 0.193 e. The van der Waals surface area contributed by atoms with Crippen molar-refractivity contribution in [1.29, 1.82) is 0 Å². The number of halogens is 1. The Morgan fingerprint density at radius 1 is 1.24 bits per heavy atom. The van der Waals surface area contributed by atoms with Gasteiger partial charge in [0.05, 0.1) is 0 Å². The number of nitrogens with zero attached hydrogens (tertiary/aromatic N) is 4. The third-order valence-corrected chi connectivity index (χ3v) is 5.47. The predicted octanol–water partition coefficient (Wildman–Crippen LogP) is 2.38. The van der Waals surface area contributed by atoms with Crippen LogP contribution < -0.4 is 10.2 Å². The topological polar surface area (TPSA) is 34.1 Å². The number of hydrogen-bond acceptors (Lipinski definition) is 3. The van der Waals surface area contributed by atoms with Crippen LogP contribution in [0.1, 0.15) is 12.8 Å². The van der Waals surface area contributed by atoms with E-state index in [1.165, 1.54) is 31.6 Å². The quantitative estimate of drug-likeness (QED) is 0.660. The van der Waals surface area contributed by atoms with E-state index in [0.29, 0.717) is 0 Å². The zero-order chi connectivity index (χ0) is 17.6. The average Bonchev–Trinajstić information content (AvgIpc) is 2.63. The summed E-state index contributed by atoms with van der Waals surface area (Å²) in [6.45, 7) is 7.39. The van der Waals surface area contributed by atoms with E-state index in [-0.39, 0.29) is 0 Å². The third kappa shape index (κ3) is 5.02.